The quantitative estimate of drug-likeness (QED) is 0.640. The summed E-state index contributed by atoms with van der Waals surface area (Å²) in [6.45, 7) is 2.36. The van der Waals surface area contributed by atoms with Crippen LogP contribution in [0.2, 0.25) is 0 Å². The van der Waals surface area contributed by atoms with Crippen molar-refractivity contribution in [3.8, 4) is 0 Å². The lowest BCUT2D eigenvalue weighted by Crippen LogP contribution is -2.28. The molecule has 2 aromatic carbocycles. The predicted octanol–water partition coefficient (Wildman–Crippen LogP) is 2.94. The van der Waals surface area contributed by atoms with Gasteiger partial charge < -0.3 is 10.6 Å². The molecule has 0 atom stereocenters. The number of aromatic amines is 1. The maximum Gasteiger partial charge on any atom is 0.273 e. The number of amides is 2. The number of nitrogens with zero attached hydrogens (tertiary/aromatic N) is 1. The fraction of sp³-hybridized carbons (Fsp3) is 0.150. The van der Waals surface area contributed by atoms with E-state index in [1.165, 1.54) is 6.20 Å². The van der Waals surface area contributed by atoms with Gasteiger partial charge in [0.25, 0.3) is 11.8 Å². The number of carbonyl (C=O) groups excluding carboxylic acids is 2. The average Bonchev–Trinajstić information content (AvgIpc) is 3.17. The van der Waals surface area contributed by atoms with Gasteiger partial charge >= 0.3 is 0 Å². The van der Waals surface area contributed by atoms with Crippen molar-refractivity contribution in [1.82, 2.24) is 15.5 Å². The zero-order chi connectivity index (χ0) is 18.4. The minimum Gasteiger partial charge on any atom is -0.352 e. The number of hydrogen-bond donors (Lipinski definition) is 3. The molecule has 0 bridgehead atoms. The molecular formula is C20H20N4O2. The van der Waals surface area contributed by atoms with E-state index in [1.54, 1.807) is 18.2 Å². The van der Waals surface area contributed by atoms with E-state index >= 15 is 0 Å². The highest BCUT2D eigenvalue weighted by molar-refractivity contribution is 6.08. The number of aryl methyl sites for hydroxylation is 1. The van der Waals surface area contributed by atoms with E-state index in [-0.39, 0.29) is 11.8 Å². The minimum atomic E-state index is -0.341. The third kappa shape index (κ3) is 4.16. The SMILES string of the molecule is Cc1cccc(NC(=O)c2ccn[nH]2)c1C(=O)NCCc1ccccc1. The summed E-state index contributed by atoms with van der Waals surface area (Å²) >= 11 is 0. The van der Waals surface area contributed by atoms with Gasteiger partial charge in [0.15, 0.2) is 0 Å². The largest absolute Gasteiger partial charge is 0.352 e. The van der Waals surface area contributed by atoms with Crippen molar-refractivity contribution < 1.29 is 9.59 Å². The topological polar surface area (TPSA) is 86.9 Å². The lowest BCUT2D eigenvalue weighted by atomic mass is 10.1. The summed E-state index contributed by atoms with van der Waals surface area (Å²) in [5.41, 5.74) is 3.23. The molecule has 0 saturated carbocycles. The third-order valence-corrected chi connectivity index (χ3v) is 4.04. The van der Waals surface area contributed by atoms with Gasteiger partial charge in [0.2, 0.25) is 0 Å². The van der Waals surface area contributed by atoms with Crippen molar-refractivity contribution >= 4 is 17.5 Å². The predicted molar refractivity (Wildman–Crippen MR) is 100 cm³/mol. The van der Waals surface area contributed by atoms with Gasteiger partial charge in [-0.15, -0.1) is 0 Å². The second kappa shape index (κ2) is 8.11. The van der Waals surface area contributed by atoms with Crippen LogP contribution in [0, 0.1) is 6.92 Å². The molecule has 1 aromatic heterocycles. The molecule has 3 N–H and O–H groups in total. The Morgan fingerprint density at radius 1 is 1.00 bits per heavy atom. The molecule has 2 amide bonds. The first-order valence-corrected chi connectivity index (χ1v) is 8.37. The molecular weight excluding hydrogens is 328 g/mol. The van der Waals surface area contributed by atoms with Crippen molar-refractivity contribution in [2.24, 2.45) is 0 Å². The van der Waals surface area contributed by atoms with Gasteiger partial charge in [-0.1, -0.05) is 42.5 Å². The Balaban J connectivity index is 1.70. The van der Waals surface area contributed by atoms with Gasteiger partial charge in [-0.2, -0.15) is 5.10 Å². The van der Waals surface area contributed by atoms with Gasteiger partial charge in [-0.05, 0) is 36.6 Å². The number of nitrogens with one attached hydrogen (secondary N) is 3. The number of anilines is 1. The van der Waals surface area contributed by atoms with Crippen LogP contribution in [0.3, 0.4) is 0 Å². The number of aromatic nitrogens is 2. The molecule has 0 aliphatic rings. The van der Waals surface area contributed by atoms with E-state index in [1.807, 2.05) is 43.3 Å². The van der Waals surface area contributed by atoms with Crippen molar-refractivity contribution in [3.05, 3.63) is 83.2 Å². The lowest BCUT2D eigenvalue weighted by molar-refractivity contribution is 0.0954. The van der Waals surface area contributed by atoms with Crippen molar-refractivity contribution in [2.45, 2.75) is 13.3 Å². The van der Waals surface area contributed by atoms with E-state index in [4.69, 9.17) is 0 Å². The molecule has 6 heteroatoms. The van der Waals surface area contributed by atoms with Gasteiger partial charge in [0.05, 0.1) is 11.3 Å². The summed E-state index contributed by atoms with van der Waals surface area (Å²) in [5.74, 6) is -0.551. The molecule has 0 fully saturated rings. The Labute approximate surface area is 151 Å². The number of hydrogen-bond acceptors (Lipinski definition) is 3. The normalized spacial score (nSPS) is 10.3. The van der Waals surface area contributed by atoms with Crippen molar-refractivity contribution in [2.75, 3.05) is 11.9 Å². The van der Waals surface area contributed by atoms with Crippen molar-refractivity contribution in [3.63, 3.8) is 0 Å². The Morgan fingerprint density at radius 3 is 2.54 bits per heavy atom. The molecule has 0 aliphatic heterocycles. The first-order valence-electron chi connectivity index (χ1n) is 8.37. The van der Waals surface area contributed by atoms with E-state index in [9.17, 15) is 9.59 Å². The van der Waals surface area contributed by atoms with E-state index in [2.05, 4.69) is 20.8 Å². The third-order valence-electron chi connectivity index (χ3n) is 4.04. The number of H-pyrrole nitrogens is 1. The van der Waals surface area contributed by atoms with Crippen molar-refractivity contribution in [1.29, 1.82) is 0 Å². The second-order valence-corrected chi connectivity index (χ2v) is 5.91. The molecule has 6 nitrogen and oxygen atoms in total. The highest BCUT2D eigenvalue weighted by Crippen LogP contribution is 2.20. The molecule has 26 heavy (non-hydrogen) atoms. The van der Waals surface area contributed by atoms with Crippen LogP contribution in [0.15, 0.2) is 60.8 Å². The smallest absolute Gasteiger partial charge is 0.273 e. The monoisotopic (exact) mass is 348 g/mol. The van der Waals surface area contributed by atoms with Crippen LogP contribution in [0.25, 0.3) is 0 Å². The maximum atomic E-state index is 12.7. The fourth-order valence-corrected chi connectivity index (χ4v) is 2.70. The van der Waals surface area contributed by atoms with Crippen LogP contribution >= 0.6 is 0 Å². The first kappa shape index (κ1) is 17.4. The minimum absolute atomic E-state index is 0.209. The van der Waals surface area contributed by atoms with Crippen LogP contribution in [0.4, 0.5) is 5.69 Å². The molecule has 132 valence electrons. The van der Waals surface area contributed by atoms with Gasteiger partial charge in [0.1, 0.15) is 5.69 Å². The fourth-order valence-electron chi connectivity index (χ4n) is 2.70. The highest BCUT2D eigenvalue weighted by Gasteiger charge is 2.17. The zero-order valence-corrected chi connectivity index (χ0v) is 14.5. The molecule has 0 saturated heterocycles. The first-order chi connectivity index (χ1) is 12.6. The molecule has 0 aliphatic carbocycles. The summed E-state index contributed by atoms with van der Waals surface area (Å²) in [6.07, 6.45) is 2.25. The number of rotatable bonds is 6. The van der Waals surface area contributed by atoms with Crippen LogP contribution in [-0.4, -0.2) is 28.6 Å². The zero-order valence-electron chi connectivity index (χ0n) is 14.5. The molecule has 3 aromatic rings. The average molecular weight is 348 g/mol. The summed E-state index contributed by atoms with van der Waals surface area (Å²) < 4.78 is 0. The second-order valence-electron chi connectivity index (χ2n) is 5.91. The van der Waals surface area contributed by atoms with Gasteiger partial charge in [-0.25, -0.2) is 0 Å². The molecule has 0 spiro atoms. The van der Waals surface area contributed by atoms with E-state index in [0.29, 0.717) is 23.5 Å². The lowest BCUT2D eigenvalue weighted by Gasteiger charge is -2.13. The van der Waals surface area contributed by atoms with Crippen LogP contribution in [-0.2, 0) is 6.42 Å². The summed E-state index contributed by atoms with van der Waals surface area (Å²) in [4.78, 5) is 24.9. The Bertz CT molecular complexity index is 889. The maximum absolute atomic E-state index is 12.7. The van der Waals surface area contributed by atoms with Crippen LogP contribution in [0.5, 0.6) is 0 Å². The van der Waals surface area contributed by atoms with Gasteiger partial charge in [0, 0.05) is 12.7 Å². The molecule has 1 heterocycles. The summed E-state index contributed by atoms with van der Waals surface area (Å²) in [7, 11) is 0. The van der Waals surface area contributed by atoms with E-state index in [0.717, 1.165) is 17.5 Å². The van der Waals surface area contributed by atoms with Gasteiger partial charge in [-0.3, -0.25) is 14.7 Å². The number of carbonyl (C=O) groups is 2. The summed E-state index contributed by atoms with van der Waals surface area (Å²) in [5, 5.41) is 12.1. The van der Waals surface area contributed by atoms with E-state index < -0.39 is 0 Å². The van der Waals surface area contributed by atoms with Crippen LogP contribution < -0.4 is 10.6 Å². The highest BCUT2D eigenvalue weighted by atomic mass is 16.2. The standard InChI is InChI=1S/C20H20N4O2/c1-14-6-5-9-16(23-19(25)17-11-13-22-24-17)18(14)20(26)21-12-10-15-7-3-2-4-8-15/h2-9,11,13H,10,12H2,1H3,(H,21,26)(H,22,24)(H,23,25). The summed E-state index contributed by atoms with van der Waals surface area (Å²) in [6, 6.07) is 16.9. The Kier molecular flexibility index (Phi) is 5.43. The van der Waals surface area contributed by atoms with Crippen LogP contribution in [0.1, 0.15) is 32.0 Å². The molecule has 0 radical (unpaired) electrons. The number of benzene rings is 2. The molecule has 0 unspecified atom stereocenters. The Hall–Kier alpha value is -3.41. The Morgan fingerprint density at radius 2 is 1.81 bits per heavy atom. The molecule has 3 rings (SSSR count).